The molecule has 230 valence electrons. The van der Waals surface area contributed by atoms with Crippen molar-refractivity contribution in [2.45, 2.75) is 69.9 Å². The van der Waals surface area contributed by atoms with Gasteiger partial charge >= 0.3 is 0 Å². The molecule has 1 aliphatic carbocycles. The number of carbonyl (C=O) groups is 4. The van der Waals surface area contributed by atoms with Gasteiger partial charge in [-0.3, -0.25) is 24.2 Å². The number of aromatic nitrogens is 3. The lowest BCUT2D eigenvalue weighted by Crippen LogP contribution is -2.45. The number of nitrogens with one attached hydrogen (secondary N) is 1. The number of likely N-dealkylation sites (tertiary alicyclic amines) is 2. The highest BCUT2D eigenvalue weighted by molar-refractivity contribution is 5.98. The molecular weight excluding hydrogens is 566 g/mol. The number of H-pyrrole nitrogens is 1. The zero-order valence-corrected chi connectivity index (χ0v) is 25.3. The Labute approximate surface area is 262 Å². The largest absolute Gasteiger partial charge is 0.338 e. The van der Waals surface area contributed by atoms with Gasteiger partial charge in [0.1, 0.15) is 5.82 Å². The van der Waals surface area contributed by atoms with Crippen molar-refractivity contribution in [1.82, 2.24) is 24.8 Å². The summed E-state index contributed by atoms with van der Waals surface area (Å²) in [6.45, 7) is 1.26. The number of carbonyl (C=O) groups excluding carboxylic acids is 4. The number of Topliss-reactive ketones (excluding diaryl/α,β-unsaturated/α-hetero) is 2. The van der Waals surface area contributed by atoms with Crippen LogP contribution in [0.3, 0.4) is 0 Å². The maximum absolute atomic E-state index is 13.3. The summed E-state index contributed by atoms with van der Waals surface area (Å²) in [7, 11) is 0. The summed E-state index contributed by atoms with van der Waals surface area (Å²) in [5.74, 6) is 0.981. The summed E-state index contributed by atoms with van der Waals surface area (Å²) in [4.78, 5) is 68.1. The van der Waals surface area contributed by atoms with Crippen LogP contribution >= 0.6 is 0 Å². The van der Waals surface area contributed by atoms with Gasteiger partial charge in [-0.1, -0.05) is 36.8 Å². The summed E-state index contributed by atoms with van der Waals surface area (Å²) >= 11 is 0. The average molecular weight is 604 g/mol. The van der Waals surface area contributed by atoms with E-state index in [9.17, 15) is 19.2 Å². The van der Waals surface area contributed by atoms with Crippen molar-refractivity contribution < 1.29 is 19.2 Å². The third kappa shape index (κ3) is 5.91. The average Bonchev–Trinajstić information content (AvgIpc) is 3.80. The Morgan fingerprint density at radius 3 is 2.16 bits per heavy atom. The highest BCUT2D eigenvalue weighted by atomic mass is 16.2. The lowest BCUT2D eigenvalue weighted by molar-refractivity contribution is -0.142. The third-order valence-electron chi connectivity index (χ3n) is 9.69. The minimum atomic E-state index is -0.422. The van der Waals surface area contributed by atoms with Crippen molar-refractivity contribution in [3.05, 3.63) is 83.7 Å². The van der Waals surface area contributed by atoms with E-state index in [1.807, 2.05) is 47.4 Å². The molecule has 1 N–H and O–H groups in total. The number of fused-ring (bicyclic) bond motifs is 1. The van der Waals surface area contributed by atoms with Crippen molar-refractivity contribution in [3.8, 4) is 11.4 Å². The molecule has 4 heterocycles. The molecule has 4 aromatic rings. The summed E-state index contributed by atoms with van der Waals surface area (Å²) in [5.41, 5.74) is 4.85. The second kappa shape index (κ2) is 12.4. The standard InChI is InChI=1S/C36H37N5O4/c42-32(30-8-4-18-41(30)36(45)27-7-2-16-37-22-27)20-23-10-13-25(14-11-23)34-38-28-15-12-24(19-29(28)39-34)21-33(43)31-9-3-17-40(31)35(44)26-5-1-6-26/h2,7,10-16,19,22,26,30-31H,1,3-6,8-9,17-18,20-21H2,(H,38,39)/t30-,31-/m0/s1. The van der Waals surface area contributed by atoms with E-state index < -0.39 is 6.04 Å². The maximum atomic E-state index is 13.3. The van der Waals surface area contributed by atoms with Gasteiger partial charge in [0.05, 0.1) is 28.7 Å². The number of ketones is 2. The predicted octanol–water partition coefficient (Wildman–Crippen LogP) is 4.94. The number of hydrogen-bond donors (Lipinski definition) is 1. The smallest absolute Gasteiger partial charge is 0.256 e. The molecule has 0 spiro atoms. The quantitative estimate of drug-likeness (QED) is 0.290. The highest BCUT2D eigenvalue weighted by Crippen LogP contribution is 2.32. The van der Waals surface area contributed by atoms with Crippen molar-refractivity contribution in [2.75, 3.05) is 13.1 Å². The van der Waals surface area contributed by atoms with Crippen molar-refractivity contribution in [2.24, 2.45) is 5.92 Å². The molecule has 2 saturated heterocycles. The van der Waals surface area contributed by atoms with Gasteiger partial charge in [-0.25, -0.2) is 4.98 Å². The van der Waals surface area contributed by atoms with E-state index in [-0.39, 0.29) is 41.8 Å². The normalized spacial score (nSPS) is 20.0. The number of aromatic amines is 1. The summed E-state index contributed by atoms with van der Waals surface area (Å²) in [6, 6.07) is 16.3. The van der Waals surface area contributed by atoms with Gasteiger partial charge in [0.25, 0.3) is 5.91 Å². The minimum Gasteiger partial charge on any atom is -0.338 e. The Kier molecular flexibility index (Phi) is 8.00. The van der Waals surface area contributed by atoms with Crippen LogP contribution in [0.4, 0.5) is 0 Å². The van der Waals surface area contributed by atoms with Gasteiger partial charge in [-0.2, -0.15) is 0 Å². The topological polar surface area (TPSA) is 116 Å². The van der Waals surface area contributed by atoms with E-state index in [2.05, 4.69) is 9.97 Å². The second-order valence-electron chi connectivity index (χ2n) is 12.6. The number of benzene rings is 2. The SMILES string of the molecule is O=C(Cc1ccc(-c2nc3ccc(CC(=O)[C@@H]4CCCN4C(=O)C4CCC4)cc3[nH]2)cc1)[C@@H]1CCCN1C(=O)c1cccnc1. The Bertz CT molecular complexity index is 1740. The van der Waals surface area contributed by atoms with Gasteiger partial charge in [0.2, 0.25) is 5.91 Å². The molecule has 2 aromatic carbocycles. The second-order valence-corrected chi connectivity index (χ2v) is 12.6. The van der Waals surface area contributed by atoms with Gasteiger partial charge in [-0.05, 0) is 73.9 Å². The molecule has 9 heteroatoms. The molecule has 7 rings (SSSR count). The van der Waals surface area contributed by atoms with Crippen LogP contribution in [0.2, 0.25) is 0 Å². The van der Waals surface area contributed by atoms with E-state index in [1.54, 1.807) is 29.4 Å². The lowest BCUT2D eigenvalue weighted by atomic mass is 9.84. The van der Waals surface area contributed by atoms with E-state index in [1.165, 1.54) is 0 Å². The predicted molar refractivity (Wildman–Crippen MR) is 169 cm³/mol. The van der Waals surface area contributed by atoms with Crippen LogP contribution in [0.1, 0.15) is 66.4 Å². The maximum Gasteiger partial charge on any atom is 0.256 e. The Balaban J connectivity index is 0.992. The lowest BCUT2D eigenvalue weighted by Gasteiger charge is -2.32. The number of amides is 2. The summed E-state index contributed by atoms with van der Waals surface area (Å²) in [5, 5.41) is 0. The first-order valence-corrected chi connectivity index (χ1v) is 16.1. The van der Waals surface area contributed by atoms with Crippen LogP contribution in [0.5, 0.6) is 0 Å². The molecule has 0 radical (unpaired) electrons. The fraction of sp³-hybridized carbons (Fsp3) is 0.389. The highest BCUT2D eigenvalue weighted by Gasteiger charge is 2.38. The van der Waals surface area contributed by atoms with Crippen LogP contribution in [0.15, 0.2) is 67.0 Å². The summed E-state index contributed by atoms with van der Waals surface area (Å²) < 4.78 is 0. The van der Waals surface area contributed by atoms with Gasteiger partial charge in [0.15, 0.2) is 11.6 Å². The van der Waals surface area contributed by atoms with Crippen LogP contribution in [0, 0.1) is 5.92 Å². The molecule has 3 aliphatic rings. The van der Waals surface area contributed by atoms with Crippen LogP contribution in [-0.4, -0.2) is 73.3 Å². The number of rotatable bonds is 9. The zero-order chi connectivity index (χ0) is 30.9. The molecule has 3 fully saturated rings. The summed E-state index contributed by atoms with van der Waals surface area (Å²) in [6.07, 6.45) is 9.84. The molecule has 0 unspecified atom stereocenters. The molecule has 2 atom stereocenters. The zero-order valence-electron chi connectivity index (χ0n) is 25.3. The van der Waals surface area contributed by atoms with Crippen molar-refractivity contribution in [1.29, 1.82) is 0 Å². The molecule has 0 bridgehead atoms. The number of nitrogens with zero attached hydrogens (tertiary/aromatic N) is 4. The van der Waals surface area contributed by atoms with Crippen LogP contribution in [-0.2, 0) is 27.2 Å². The molecular formula is C36H37N5O4. The minimum absolute atomic E-state index is 0.0384. The molecule has 2 amide bonds. The number of pyridine rings is 1. The molecule has 1 saturated carbocycles. The monoisotopic (exact) mass is 603 g/mol. The first-order valence-electron chi connectivity index (χ1n) is 16.1. The molecule has 45 heavy (non-hydrogen) atoms. The number of imidazole rings is 1. The van der Waals surface area contributed by atoms with E-state index in [0.29, 0.717) is 37.3 Å². The van der Waals surface area contributed by atoms with Gasteiger partial charge in [0, 0.05) is 49.8 Å². The van der Waals surface area contributed by atoms with Crippen molar-refractivity contribution >= 4 is 34.4 Å². The van der Waals surface area contributed by atoms with Crippen LogP contribution < -0.4 is 0 Å². The first kappa shape index (κ1) is 29.1. The fourth-order valence-electron chi connectivity index (χ4n) is 6.98. The van der Waals surface area contributed by atoms with Crippen LogP contribution in [0.25, 0.3) is 22.4 Å². The Morgan fingerprint density at radius 1 is 0.778 bits per heavy atom. The van der Waals surface area contributed by atoms with E-state index >= 15 is 0 Å². The first-order chi connectivity index (χ1) is 21.9. The Hall–Kier alpha value is -4.66. The molecule has 2 aliphatic heterocycles. The van der Waals surface area contributed by atoms with Crippen molar-refractivity contribution in [3.63, 3.8) is 0 Å². The van der Waals surface area contributed by atoms with E-state index in [0.717, 1.165) is 66.2 Å². The van der Waals surface area contributed by atoms with Gasteiger partial charge in [-0.15, -0.1) is 0 Å². The van der Waals surface area contributed by atoms with E-state index in [4.69, 9.17) is 4.98 Å². The molecule has 2 aromatic heterocycles. The number of hydrogen-bond acceptors (Lipinski definition) is 6. The Morgan fingerprint density at radius 2 is 1.47 bits per heavy atom. The van der Waals surface area contributed by atoms with Gasteiger partial charge < -0.3 is 14.8 Å². The fourth-order valence-corrected chi connectivity index (χ4v) is 6.98. The third-order valence-corrected chi connectivity index (χ3v) is 9.69. The molecule has 9 nitrogen and oxygen atoms in total.